The molecule has 1 aliphatic heterocycles. The van der Waals surface area contributed by atoms with Crippen LogP contribution >= 0.6 is 35.6 Å². The van der Waals surface area contributed by atoms with Crippen molar-refractivity contribution in [1.29, 1.82) is 0 Å². The average molecular weight is 328 g/mol. The molecule has 1 aromatic rings. The number of nitrogens with one attached hydrogen (secondary N) is 1. The Hall–Kier alpha value is -0.660. The highest BCUT2D eigenvalue weighted by Crippen LogP contribution is 2.18. The summed E-state index contributed by atoms with van der Waals surface area (Å²) in [6.07, 6.45) is 1.53. The number of carbonyl (C=O) groups is 1. The summed E-state index contributed by atoms with van der Waals surface area (Å²) in [6, 6.07) is -0.564. The Morgan fingerprint density at radius 2 is 2.32 bits per heavy atom. The number of carboxylic acids is 1. The molecule has 1 unspecified atom stereocenters. The first-order valence-corrected chi connectivity index (χ1v) is 6.18. The molecule has 1 atom stereocenters. The lowest BCUT2D eigenvalue weighted by Crippen LogP contribution is -2.54. The van der Waals surface area contributed by atoms with E-state index in [9.17, 15) is 4.79 Å². The fourth-order valence-electron chi connectivity index (χ4n) is 1.87. The predicted octanol–water partition coefficient (Wildman–Crippen LogP) is 1.06. The van der Waals surface area contributed by atoms with Gasteiger partial charge in [0.2, 0.25) is 5.28 Å². The first-order valence-electron chi connectivity index (χ1n) is 5.42. The summed E-state index contributed by atoms with van der Waals surface area (Å²) in [5.41, 5.74) is 0.675. The predicted molar refractivity (Wildman–Crippen MR) is 74.0 cm³/mol. The molecule has 1 fully saturated rings. The largest absolute Gasteiger partial charge is 0.480 e. The molecule has 106 valence electrons. The Labute approximate surface area is 126 Å². The van der Waals surface area contributed by atoms with Crippen LogP contribution in [0.4, 0.5) is 0 Å². The van der Waals surface area contributed by atoms with E-state index < -0.39 is 12.0 Å². The molecule has 6 nitrogen and oxygen atoms in total. The maximum absolute atomic E-state index is 11.1. The minimum absolute atomic E-state index is 0. The van der Waals surface area contributed by atoms with E-state index in [2.05, 4.69) is 15.3 Å². The van der Waals surface area contributed by atoms with Gasteiger partial charge < -0.3 is 10.4 Å². The third-order valence-electron chi connectivity index (χ3n) is 2.80. The number of nitrogens with zero attached hydrogens (tertiary/aromatic N) is 3. The number of carboxylic acid groups (broad SMARTS) is 1. The summed E-state index contributed by atoms with van der Waals surface area (Å²) in [6.45, 7) is 2.20. The molecule has 0 aromatic carbocycles. The van der Waals surface area contributed by atoms with Gasteiger partial charge in [-0.05, 0) is 11.6 Å². The number of hydrogen-bond donors (Lipinski definition) is 2. The van der Waals surface area contributed by atoms with Crippen molar-refractivity contribution in [3.8, 4) is 0 Å². The Morgan fingerprint density at radius 3 is 2.95 bits per heavy atom. The van der Waals surface area contributed by atoms with E-state index in [0.717, 1.165) is 6.54 Å². The van der Waals surface area contributed by atoms with E-state index in [-0.39, 0.29) is 22.8 Å². The average Bonchev–Trinajstić information content (AvgIpc) is 2.33. The Kier molecular flexibility index (Phi) is 6.22. The fourth-order valence-corrected chi connectivity index (χ4v) is 2.24. The van der Waals surface area contributed by atoms with Crippen LogP contribution in [0.5, 0.6) is 0 Å². The molecule has 1 saturated heterocycles. The van der Waals surface area contributed by atoms with Gasteiger partial charge in [-0.15, -0.1) is 12.4 Å². The van der Waals surface area contributed by atoms with Crippen molar-refractivity contribution in [1.82, 2.24) is 20.2 Å². The first kappa shape index (κ1) is 16.4. The lowest BCUT2D eigenvalue weighted by molar-refractivity contribution is -0.144. The zero-order valence-corrected chi connectivity index (χ0v) is 12.2. The number of piperazine rings is 1. The summed E-state index contributed by atoms with van der Waals surface area (Å²) < 4.78 is 0. The second kappa shape index (κ2) is 7.21. The molecular formula is C10H13Cl3N4O2. The summed E-state index contributed by atoms with van der Waals surface area (Å²) in [5.74, 6) is -0.854. The zero-order chi connectivity index (χ0) is 13.1. The van der Waals surface area contributed by atoms with Crippen molar-refractivity contribution >= 4 is 41.6 Å². The van der Waals surface area contributed by atoms with Gasteiger partial charge >= 0.3 is 5.97 Å². The molecule has 0 bridgehead atoms. The molecule has 2 rings (SSSR count). The first-order chi connectivity index (χ1) is 8.58. The summed E-state index contributed by atoms with van der Waals surface area (Å²) in [4.78, 5) is 20.7. The van der Waals surface area contributed by atoms with E-state index in [1.165, 1.54) is 6.20 Å². The normalized spacial score (nSPS) is 19.8. The van der Waals surface area contributed by atoms with E-state index in [4.69, 9.17) is 28.3 Å². The minimum atomic E-state index is -0.854. The molecule has 0 aliphatic carbocycles. The zero-order valence-electron chi connectivity index (χ0n) is 9.84. The van der Waals surface area contributed by atoms with Crippen LogP contribution in [0.25, 0.3) is 0 Å². The van der Waals surface area contributed by atoms with Crippen molar-refractivity contribution in [3.05, 3.63) is 22.2 Å². The van der Waals surface area contributed by atoms with E-state index in [0.29, 0.717) is 25.2 Å². The molecule has 0 radical (unpaired) electrons. The topological polar surface area (TPSA) is 78.4 Å². The number of halogens is 3. The SMILES string of the molecule is Cl.O=C(O)C1CNCCN1Cc1cnc(Cl)nc1Cl. The highest BCUT2D eigenvalue weighted by atomic mass is 35.5. The van der Waals surface area contributed by atoms with Crippen molar-refractivity contribution in [2.45, 2.75) is 12.6 Å². The highest BCUT2D eigenvalue weighted by molar-refractivity contribution is 6.32. The van der Waals surface area contributed by atoms with Crippen LogP contribution in [-0.2, 0) is 11.3 Å². The van der Waals surface area contributed by atoms with Crippen molar-refractivity contribution in [3.63, 3.8) is 0 Å². The summed E-state index contributed by atoms with van der Waals surface area (Å²) in [5, 5.41) is 12.5. The fraction of sp³-hybridized carbons (Fsp3) is 0.500. The third kappa shape index (κ3) is 4.15. The molecule has 0 amide bonds. The maximum Gasteiger partial charge on any atom is 0.322 e. The quantitative estimate of drug-likeness (QED) is 0.638. The number of aliphatic carboxylic acids is 1. The molecule has 2 heterocycles. The molecular weight excluding hydrogens is 314 g/mol. The highest BCUT2D eigenvalue weighted by Gasteiger charge is 2.28. The molecule has 0 spiro atoms. The van der Waals surface area contributed by atoms with Gasteiger partial charge in [-0.3, -0.25) is 9.69 Å². The number of rotatable bonds is 3. The van der Waals surface area contributed by atoms with Crippen LogP contribution < -0.4 is 5.32 Å². The standard InChI is InChI=1S/C10H12Cl2N4O2.ClH/c11-8-6(3-14-10(12)15-8)5-16-2-1-13-4-7(16)9(17)18;/h3,7,13H,1-2,4-5H2,(H,17,18);1H. The van der Waals surface area contributed by atoms with Gasteiger partial charge in [-0.1, -0.05) is 11.6 Å². The van der Waals surface area contributed by atoms with E-state index in [1.807, 2.05) is 4.90 Å². The second-order valence-corrected chi connectivity index (χ2v) is 4.68. The molecule has 9 heteroatoms. The van der Waals surface area contributed by atoms with Crippen LogP contribution in [-0.4, -0.2) is 51.6 Å². The van der Waals surface area contributed by atoms with Crippen LogP contribution in [0, 0.1) is 0 Å². The van der Waals surface area contributed by atoms with Gasteiger partial charge in [-0.2, -0.15) is 0 Å². The maximum atomic E-state index is 11.1. The Morgan fingerprint density at radius 1 is 1.58 bits per heavy atom. The lowest BCUT2D eigenvalue weighted by Gasteiger charge is -2.33. The van der Waals surface area contributed by atoms with Crippen LogP contribution in [0.2, 0.25) is 10.4 Å². The van der Waals surface area contributed by atoms with Crippen LogP contribution in [0.1, 0.15) is 5.56 Å². The molecule has 1 aliphatic rings. The number of hydrogen-bond acceptors (Lipinski definition) is 5. The lowest BCUT2D eigenvalue weighted by atomic mass is 10.1. The van der Waals surface area contributed by atoms with Gasteiger partial charge in [0.15, 0.2) is 0 Å². The van der Waals surface area contributed by atoms with E-state index in [1.54, 1.807) is 0 Å². The van der Waals surface area contributed by atoms with Crippen LogP contribution in [0.3, 0.4) is 0 Å². The van der Waals surface area contributed by atoms with Gasteiger partial charge in [0.1, 0.15) is 11.2 Å². The van der Waals surface area contributed by atoms with Crippen LogP contribution in [0.15, 0.2) is 6.20 Å². The summed E-state index contributed by atoms with van der Waals surface area (Å²) >= 11 is 11.6. The van der Waals surface area contributed by atoms with Crippen molar-refractivity contribution in [2.24, 2.45) is 0 Å². The summed E-state index contributed by atoms with van der Waals surface area (Å²) in [7, 11) is 0. The Balaban J connectivity index is 0.00000180. The van der Waals surface area contributed by atoms with Gasteiger partial charge in [0, 0.05) is 37.9 Å². The molecule has 2 N–H and O–H groups in total. The second-order valence-electron chi connectivity index (χ2n) is 3.98. The molecule has 19 heavy (non-hydrogen) atoms. The Bertz CT molecular complexity index is 460. The van der Waals surface area contributed by atoms with Crippen molar-refractivity contribution in [2.75, 3.05) is 19.6 Å². The number of aromatic nitrogens is 2. The molecule has 1 aromatic heterocycles. The monoisotopic (exact) mass is 326 g/mol. The third-order valence-corrected chi connectivity index (χ3v) is 3.30. The minimum Gasteiger partial charge on any atom is -0.480 e. The smallest absolute Gasteiger partial charge is 0.322 e. The van der Waals surface area contributed by atoms with Crippen molar-refractivity contribution < 1.29 is 9.90 Å². The molecule has 0 saturated carbocycles. The van der Waals surface area contributed by atoms with E-state index >= 15 is 0 Å². The van der Waals surface area contributed by atoms with Gasteiger partial charge in [0.25, 0.3) is 0 Å². The van der Waals surface area contributed by atoms with Gasteiger partial charge in [-0.25, -0.2) is 9.97 Å². The van der Waals surface area contributed by atoms with Gasteiger partial charge in [0.05, 0.1) is 0 Å².